The first-order chi connectivity index (χ1) is 11.1. The number of carbonyl (C=O) groups is 1. The fourth-order valence-electron chi connectivity index (χ4n) is 3.51. The quantitative estimate of drug-likeness (QED) is 0.880. The Balaban J connectivity index is 1.62. The molecule has 1 aliphatic carbocycles. The van der Waals surface area contributed by atoms with Crippen LogP contribution in [0.25, 0.3) is 5.65 Å². The van der Waals surface area contributed by atoms with E-state index in [0.717, 1.165) is 35.3 Å². The summed E-state index contributed by atoms with van der Waals surface area (Å²) in [4.78, 5) is 12.3. The second-order valence-electron chi connectivity index (χ2n) is 6.54. The van der Waals surface area contributed by atoms with Crippen molar-refractivity contribution >= 4 is 11.6 Å². The molecule has 0 saturated heterocycles. The Morgan fingerprint density at radius 2 is 2.00 bits per heavy atom. The van der Waals surface area contributed by atoms with E-state index in [1.807, 2.05) is 13.8 Å². The van der Waals surface area contributed by atoms with Crippen molar-refractivity contribution in [3.63, 3.8) is 0 Å². The second-order valence-corrected chi connectivity index (χ2v) is 6.54. The van der Waals surface area contributed by atoms with Crippen LogP contribution in [0.15, 0.2) is 6.33 Å². The van der Waals surface area contributed by atoms with Crippen molar-refractivity contribution in [2.24, 2.45) is 0 Å². The summed E-state index contributed by atoms with van der Waals surface area (Å²) >= 11 is 0. The number of aromatic nitrogens is 4. The third-order valence-electron chi connectivity index (χ3n) is 4.84. The van der Waals surface area contributed by atoms with Crippen LogP contribution in [0.3, 0.4) is 0 Å². The summed E-state index contributed by atoms with van der Waals surface area (Å²) in [6.07, 6.45) is 10.1. The van der Waals surface area contributed by atoms with Gasteiger partial charge in [0.2, 0.25) is 5.91 Å². The lowest BCUT2D eigenvalue weighted by Crippen LogP contribution is -2.34. The first kappa shape index (κ1) is 15.9. The molecule has 2 aromatic rings. The van der Waals surface area contributed by atoms with Crippen molar-refractivity contribution < 1.29 is 4.79 Å². The highest BCUT2D eigenvalue weighted by Crippen LogP contribution is 2.19. The van der Waals surface area contributed by atoms with Gasteiger partial charge in [-0.25, -0.2) is 4.52 Å². The summed E-state index contributed by atoms with van der Waals surface area (Å²) < 4.78 is 1.69. The fraction of sp³-hybridized carbons (Fsp3) is 0.647. The Morgan fingerprint density at radius 3 is 2.74 bits per heavy atom. The molecule has 0 aliphatic heterocycles. The highest BCUT2D eigenvalue weighted by atomic mass is 16.1. The molecular formula is C17H25N5O. The van der Waals surface area contributed by atoms with Gasteiger partial charge in [0.1, 0.15) is 6.33 Å². The van der Waals surface area contributed by atoms with E-state index < -0.39 is 0 Å². The van der Waals surface area contributed by atoms with Gasteiger partial charge in [0.05, 0.1) is 5.69 Å². The average Bonchev–Trinajstić information content (AvgIpc) is 2.83. The molecule has 2 heterocycles. The molecule has 0 bridgehead atoms. The lowest BCUT2D eigenvalue weighted by atomic mass is 10.0. The largest absolute Gasteiger partial charge is 0.353 e. The SMILES string of the molecule is Cc1nn2cnnc2c(C)c1CCC(=O)NC1CCCCCC1. The minimum Gasteiger partial charge on any atom is -0.353 e. The predicted molar refractivity (Wildman–Crippen MR) is 88.2 cm³/mol. The fourth-order valence-corrected chi connectivity index (χ4v) is 3.51. The molecule has 1 fully saturated rings. The number of rotatable bonds is 4. The first-order valence-electron chi connectivity index (χ1n) is 8.60. The number of hydrogen-bond acceptors (Lipinski definition) is 4. The molecule has 124 valence electrons. The third kappa shape index (κ3) is 3.68. The van der Waals surface area contributed by atoms with Gasteiger partial charge >= 0.3 is 0 Å². The minimum absolute atomic E-state index is 0.150. The van der Waals surface area contributed by atoms with Crippen LogP contribution in [0.4, 0.5) is 0 Å². The monoisotopic (exact) mass is 315 g/mol. The van der Waals surface area contributed by atoms with Gasteiger partial charge in [0.15, 0.2) is 5.65 Å². The molecular weight excluding hydrogens is 290 g/mol. The number of carbonyl (C=O) groups excluding carboxylic acids is 1. The predicted octanol–water partition coefficient (Wildman–Crippen LogP) is 2.51. The zero-order valence-electron chi connectivity index (χ0n) is 14.0. The molecule has 6 nitrogen and oxygen atoms in total. The molecule has 0 aromatic carbocycles. The number of nitrogens with one attached hydrogen (secondary N) is 1. The molecule has 1 amide bonds. The number of fused-ring (bicyclic) bond motifs is 1. The van der Waals surface area contributed by atoms with E-state index in [4.69, 9.17) is 0 Å². The molecule has 23 heavy (non-hydrogen) atoms. The van der Waals surface area contributed by atoms with Gasteiger partial charge in [-0.2, -0.15) is 5.10 Å². The van der Waals surface area contributed by atoms with Crippen LogP contribution in [-0.4, -0.2) is 31.8 Å². The maximum atomic E-state index is 12.3. The molecule has 2 aromatic heterocycles. The van der Waals surface area contributed by atoms with E-state index in [1.165, 1.54) is 25.7 Å². The standard InChI is InChI=1S/C17H25N5O/c1-12-15(13(2)21-22-11-18-20-17(12)22)9-10-16(23)19-14-7-5-3-4-6-8-14/h11,14H,3-10H2,1-2H3,(H,19,23). The number of nitrogens with zero attached hydrogens (tertiary/aromatic N) is 4. The molecule has 0 unspecified atom stereocenters. The Kier molecular flexibility index (Phi) is 4.88. The minimum atomic E-state index is 0.150. The van der Waals surface area contributed by atoms with E-state index >= 15 is 0 Å². The summed E-state index contributed by atoms with van der Waals surface area (Å²) in [6.45, 7) is 4.00. The molecule has 0 radical (unpaired) electrons. The van der Waals surface area contributed by atoms with E-state index in [0.29, 0.717) is 18.9 Å². The molecule has 0 atom stereocenters. The molecule has 1 N–H and O–H groups in total. The zero-order valence-corrected chi connectivity index (χ0v) is 14.0. The highest BCUT2D eigenvalue weighted by molar-refractivity contribution is 5.76. The Bertz CT molecular complexity index is 686. The van der Waals surface area contributed by atoms with Crippen molar-refractivity contribution in [2.45, 2.75) is 71.3 Å². The van der Waals surface area contributed by atoms with Crippen molar-refractivity contribution in [1.82, 2.24) is 25.1 Å². The Morgan fingerprint density at radius 1 is 1.26 bits per heavy atom. The number of amides is 1. The van der Waals surface area contributed by atoms with Gasteiger partial charge in [-0.1, -0.05) is 25.7 Å². The van der Waals surface area contributed by atoms with Crippen LogP contribution in [0.1, 0.15) is 61.8 Å². The molecule has 0 spiro atoms. The van der Waals surface area contributed by atoms with Crippen molar-refractivity contribution in [3.05, 3.63) is 23.1 Å². The summed E-state index contributed by atoms with van der Waals surface area (Å²) in [5, 5.41) is 15.7. The summed E-state index contributed by atoms with van der Waals surface area (Å²) in [5.74, 6) is 0.150. The van der Waals surface area contributed by atoms with Gasteiger partial charge in [0.25, 0.3) is 0 Å². The summed E-state index contributed by atoms with van der Waals surface area (Å²) in [7, 11) is 0. The van der Waals surface area contributed by atoms with E-state index in [-0.39, 0.29) is 5.91 Å². The normalized spacial score (nSPS) is 16.4. The van der Waals surface area contributed by atoms with Crippen LogP contribution < -0.4 is 5.32 Å². The maximum Gasteiger partial charge on any atom is 0.220 e. The molecule has 6 heteroatoms. The lowest BCUT2D eigenvalue weighted by Gasteiger charge is -2.16. The molecule has 1 aliphatic rings. The third-order valence-corrected chi connectivity index (χ3v) is 4.84. The van der Waals surface area contributed by atoms with Crippen LogP contribution in [-0.2, 0) is 11.2 Å². The topological polar surface area (TPSA) is 72.2 Å². The molecule has 1 saturated carbocycles. The highest BCUT2D eigenvalue weighted by Gasteiger charge is 2.16. The van der Waals surface area contributed by atoms with Crippen LogP contribution in [0.2, 0.25) is 0 Å². The van der Waals surface area contributed by atoms with Crippen LogP contribution >= 0.6 is 0 Å². The van der Waals surface area contributed by atoms with Gasteiger partial charge in [0, 0.05) is 18.0 Å². The zero-order chi connectivity index (χ0) is 16.2. The number of aryl methyl sites for hydroxylation is 2. The van der Waals surface area contributed by atoms with E-state index in [2.05, 4.69) is 20.6 Å². The first-order valence-corrected chi connectivity index (χ1v) is 8.60. The molecule has 3 rings (SSSR count). The smallest absolute Gasteiger partial charge is 0.220 e. The summed E-state index contributed by atoms with van der Waals surface area (Å²) in [5.41, 5.74) is 3.89. The van der Waals surface area contributed by atoms with Crippen LogP contribution in [0, 0.1) is 13.8 Å². The number of hydrogen-bond donors (Lipinski definition) is 1. The van der Waals surface area contributed by atoms with E-state index in [9.17, 15) is 4.79 Å². The van der Waals surface area contributed by atoms with Gasteiger partial charge in [-0.05, 0) is 38.7 Å². The van der Waals surface area contributed by atoms with Gasteiger partial charge < -0.3 is 5.32 Å². The van der Waals surface area contributed by atoms with E-state index in [1.54, 1.807) is 10.8 Å². The van der Waals surface area contributed by atoms with Gasteiger partial charge in [-0.15, -0.1) is 10.2 Å². The second kappa shape index (κ2) is 7.06. The van der Waals surface area contributed by atoms with Crippen LogP contribution in [0.5, 0.6) is 0 Å². The summed E-state index contributed by atoms with van der Waals surface area (Å²) in [6, 6.07) is 0.365. The average molecular weight is 315 g/mol. The lowest BCUT2D eigenvalue weighted by molar-refractivity contribution is -0.121. The van der Waals surface area contributed by atoms with Gasteiger partial charge in [-0.3, -0.25) is 4.79 Å². The van der Waals surface area contributed by atoms with Crippen molar-refractivity contribution in [1.29, 1.82) is 0 Å². The maximum absolute atomic E-state index is 12.3. The Hall–Kier alpha value is -1.98. The van der Waals surface area contributed by atoms with Crippen molar-refractivity contribution in [2.75, 3.05) is 0 Å². The van der Waals surface area contributed by atoms with Crippen molar-refractivity contribution in [3.8, 4) is 0 Å². The Labute approximate surface area is 136 Å².